The zero-order valence-electron chi connectivity index (χ0n) is 14.4. The summed E-state index contributed by atoms with van der Waals surface area (Å²) in [5, 5.41) is 5.28. The van der Waals surface area contributed by atoms with E-state index in [1.165, 1.54) is 11.7 Å². The predicted octanol–water partition coefficient (Wildman–Crippen LogP) is 1.25. The maximum absolute atomic E-state index is 12.2. The lowest BCUT2D eigenvalue weighted by Crippen LogP contribution is -2.42. The highest BCUT2D eigenvalue weighted by atomic mass is 16.2. The molecule has 7 nitrogen and oxygen atoms in total. The number of aryl methyl sites for hydroxylation is 2. The lowest BCUT2D eigenvalue weighted by Gasteiger charge is -2.10. The van der Waals surface area contributed by atoms with Crippen molar-refractivity contribution in [3.05, 3.63) is 75.7 Å². The van der Waals surface area contributed by atoms with Gasteiger partial charge in [-0.15, -0.1) is 0 Å². The summed E-state index contributed by atoms with van der Waals surface area (Å²) in [4.78, 5) is 36.3. The van der Waals surface area contributed by atoms with Gasteiger partial charge >= 0.3 is 0 Å². The van der Waals surface area contributed by atoms with Crippen molar-refractivity contribution in [1.29, 1.82) is 0 Å². The van der Waals surface area contributed by atoms with E-state index in [4.69, 9.17) is 0 Å². The van der Waals surface area contributed by atoms with Crippen LogP contribution in [0, 0.1) is 6.92 Å². The topological polar surface area (TPSA) is 93.1 Å². The number of amides is 2. The molecule has 2 N–H and O–H groups in total. The fourth-order valence-electron chi connectivity index (χ4n) is 2.61. The SMILES string of the molecule is Cc1ccc(C(=O)NNC(=O)Cc2nn(C)c(=O)c3ccccc23)cc1. The molecule has 7 heteroatoms. The summed E-state index contributed by atoms with van der Waals surface area (Å²) < 4.78 is 1.20. The first-order chi connectivity index (χ1) is 12.5. The number of aromatic nitrogens is 2. The van der Waals surface area contributed by atoms with Gasteiger partial charge in [0, 0.05) is 18.0 Å². The summed E-state index contributed by atoms with van der Waals surface area (Å²) in [5.41, 5.74) is 6.48. The highest BCUT2D eigenvalue weighted by molar-refractivity contribution is 5.96. The Hall–Kier alpha value is -3.48. The van der Waals surface area contributed by atoms with E-state index in [-0.39, 0.29) is 12.0 Å². The number of carbonyl (C=O) groups excluding carboxylic acids is 2. The van der Waals surface area contributed by atoms with Crippen LogP contribution in [0.25, 0.3) is 10.8 Å². The zero-order chi connectivity index (χ0) is 18.7. The first-order valence-electron chi connectivity index (χ1n) is 8.06. The van der Waals surface area contributed by atoms with Crippen molar-refractivity contribution in [3.63, 3.8) is 0 Å². The number of hydrazine groups is 1. The monoisotopic (exact) mass is 350 g/mol. The van der Waals surface area contributed by atoms with E-state index < -0.39 is 11.8 Å². The Morgan fingerprint density at radius 3 is 2.35 bits per heavy atom. The summed E-state index contributed by atoms with van der Waals surface area (Å²) in [6, 6.07) is 14.0. The fourth-order valence-corrected chi connectivity index (χ4v) is 2.61. The maximum atomic E-state index is 12.2. The standard InChI is InChI=1S/C19H18N4O3/c1-12-7-9-13(10-8-12)18(25)21-20-17(24)11-16-14-5-3-4-6-15(14)19(26)23(2)22-16/h3-10H,11H2,1-2H3,(H,20,24)(H,21,25). The van der Waals surface area contributed by atoms with Crippen LogP contribution in [-0.4, -0.2) is 21.6 Å². The number of fused-ring (bicyclic) bond motifs is 1. The molecule has 0 unspecified atom stereocenters. The zero-order valence-corrected chi connectivity index (χ0v) is 14.4. The normalized spacial score (nSPS) is 10.5. The molecule has 0 saturated carbocycles. The Morgan fingerprint density at radius 2 is 1.65 bits per heavy atom. The predicted molar refractivity (Wildman–Crippen MR) is 97.5 cm³/mol. The fraction of sp³-hybridized carbons (Fsp3) is 0.158. The van der Waals surface area contributed by atoms with Gasteiger partial charge in [-0.3, -0.25) is 25.2 Å². The Kier molecular flexibility index (Phi) is 4.79. The molecule has 1 aromatic heterocycles. The third-order valence-corrected chi connectivity index (χ3v) is 3.99. The minimum atomic E-state index is -0.429. The highest BCUT2D eigenvalue weighted by Gasteiger charge is 2.13. The molecule has 2 amide bonds. The molecule has 3 rings (SSSR count). The Balaban J connectivity index is 1.72. The van der Waals surface area contributed by atoms with Crippen LogP contribution in [0.2, 0.25) is 0 Å². The van der Waals surface area contributed by atoms with Gasteiger partial charge in [-0.05, 0) is 25.1 Å². The highest BCUT2D eigenvalue weighted by Crippen LogP contribution is 2.13. The first-order valence-corrected chi connectivity index (χ1v) is 8.06. The number of hydrogen-bond acceptors (Lipinski definition) is 4. The van der Waals surface area contributed by atoms with E-state index in [9.17, 15) is 14.4 Å². The lowest BCUT2D eigenvalue weighted by molar-refractivity contribution is -0.121. The molecule has 2 aromatic carbocycles. The second kappa shape index (κ2) is 7.18. The summed E-state index contributed by atoms with van der Waals surface area (Å²) in [7, 11) is 1.54. The van der Waals surface area contributed by atoms with Crippen molar-refractivity contribution in [2.24, 2.45) is 7.05 Å². The molecule has 26 heavy (non-hydrogen) atoms. The van der Waals surface area contributed by atoms with E-state index in [1.54, 1.807) is 36.4 Å². The van der Waals surface area contributed by atoms with Crippen LogP contribution in [0.3, 0.4) is 0 Å². The lowest BCUT2D eigenvalue weighted by atomic mass is 10.1. The van der Waals surface area contributed by atoms with Gasteiger partial charge in [-0.25, -0.2) is 4.68 Å². The molecule has 3 aromatic rings. The van der Waals surface area contributed by atoms with Crippen LogP contribution in [-0.2, 0) is 18.3 Å². The van der Waals surface area contributed by atoms with E-state index in [0.717, 1.165) is 5.56 Å². The third kappa shape index (κ3) is 3.61. The molecule has 0 saturated heterocycles. The third-order valence-electron chi connectivity index (χ3n) is 3.99. The number of hydrogen-bond donors (Lipinski definition) is 2. The summed E-state index contributed by atoms with van der Waals surface area (Å²) >= 11 is 0. The quantitative estimate of drug-likeness (QED) is 0.695. The molecule has 132 valence electrons. The van der Waals surface area contributed by atoms with Crippen LogP contribution < -0.4 is 16.4 Å². The van der Waals surface area contributed by atoms with E-state index in [2.05, 4.69) is 16.0 Å². The number of nitrogens with one attached hydrogen (secondary N) is 2. The van der Waals surface area contributed by atoms with Gasteiger partial charge in [-0.2, -0.15) is 5.10 Å². The van der Waals surface area contributed by atoms with Crippen molar-refractivity contribution in [2.75, 3.05) is 0 Å². The van der Waals surface area contributed by atoms with Gasteiger partial charge in [0.1, 0.15) is 0 Å². The van der Waals surface area contributed by atoms with Crippen LogP contribution in [0.15, 0.2) is 53.3 Å². The van der Waals surface area contributed by atoms with Crippen molar-refractivity contribution in [2.45, 2.75) is 13.3 Å². The molecular formula is C19H18N4O3. The van der Waals surface area contributed by atoms with E-state index in [0.29, 0.717) is 22.0 Å². The number of rotatable bonds is 3. The Bertz CT molecular complexity index is 1040. The van der Waals surface area contributed by atoms with E-state index in [1.807, 2.05) is 19.1 Å². The van der Waals surface area contributed by atoms with Crippen LogP contribution in [0.4, 0.5) is 0 Å². The van der Waals surface area contributed by atoms with Gasteiger partial charge in [0.05, 0.1) is 17.5 Å². The first kappa shape index (κ1) is 17.3. The van der Waals surface area contributed by atoms with Crippen molar-refractivity contribution < 1.29 is 9.59 Å². The molecule has 0 fully saturated rings. The van der Waals surface area contributed by atoms with Crippen LogP contribution in [0.5, 0.6) is 0 Å². The second-order valence-electron chi connectivity index (χ2n) is 5.97. The number of benzene rings is 2. The van der Waals surface area contributed by atoms with Gasteiger partial charge in [0.2, 0.25) is 5.91 Å². The molecule has 1 heterocycles. The molecule has 0 aliphatic rings. The van der Waals surface area contributed by atoms with E-state index >= 15 is 0 Å². The molecule has 0 bridgehead atoms. The second-order valence-corrected chi connectivity index (χ2v) is 5.97. The van der Waals surface area contributed by atoms with Crippen molar-refractivity contribution in [3.8, 4) is 0 Å². The average molecular weight is 350 g/mol. The average Bonchev–Trinajstić information content (AvgIpc) is 2.64. The van der Waals surface area contributed by atoms with Gasteiger partial charge < -0.3 is 0 Å². The summed E-state index contributed by atoms with van der Waals surface area (Å²) in [6.07, 6.45) is -0.0667. The minimum Gasteiger partial charge on any atom is -0.273 e. The molecule has 0 aliphatic carbocycles. The molecule has 0 spiro atoms. The van der Waals surface area contributed by atoms with Crippen molar-refractivity contribution >= 4 is 22.6 Å². The minimum absolute atomic E-state index is 0.0667. The molecule has 0 radical (unpaired) electrons. The largest absolute Gasteiger partial charge is 0.274 e. The van der Waals surface area contributed by atoms with Crippen LogP contribution >= 0.6 is 0 Å². The van der Waals surface area contributed by atoms with Gasteiger partial charge in [-0.1, -0.05) is 35.9 Å². The van der Waals surface area contributed by atoms with Gasteiger partial charge in [0.15, 0.2) is 0 Å². The molecular weight excluding hydrogens is 332 g/mol. The number of carbonyl (C=O) groups is 2. The number of nitrogens with zero attached hydrogens (tertiary/aromatic N) is 2. The van der Waals surface area contributed by atoms with Crippen LogP contribution in [0.1, 0.15) is 21.6 Å². The summed E-state index contributed by atoms with van der Waals surface area (Å²) in [5.74, 6) is -0.835. The Morgan fingerprint density at radius 1 is 1.00 bits per heavy atom. The maximum Gasteiger partial charge on any atom is 0.274 e. The van der Waals surface area contributed by atoms with Crippen molar-refractivity contribution in [1.82, 2.24) is 20.6 Å². The Labute approximate surface area is 149 Å². The summed E-state index contributed by atoms with van der Waals surface area (Å²) in [6.45, 7) is 1.92. The molecule has 0 aliphatic heterocycles. The molecule has 0 atom stereocenters. The smallest absolute Gasteiger partial charge is 0.273 e. The van der Waals surface area contributed by atoms with Gasteiger partial charge in [0.25, 0.3) is 11.5 Å².